The third-order valence-corrected chi connectivity index (χ3v) is 3.38. The van der Waals surface area contributed by atoms with Crippen LogP contribution in [0, 0.1) is 0 Å². The van der Waals surface area contributed by atoms with Gasteiger partial charge in [0.05, 0.1) is 24.3 Å². The molecule has 3 rings (SSSR count). The van der Waals surface area contributed by atoms with Gasteiger partial charge in [-0.05, 0) is 24.3 Å². The molecule has 0 N–H and O–H groups in total. The van der Waals surface area contributed by atoms with Crippen LogP contribution in [0.1, 0.15) is 5.56 Å². The van der Waals surface area contributed by atoms with E-state index in [9.17, 15) is 13.2 Å². The molecule has 0 spiro atoms. The quantitative estimate of drug-likeness (QED) is 0.691. The first-order valence-corrected chi connectivity index (χ1v) is 6.44. The zero-order chi connectivity index (χ0) is 15.9. The van der Waals surface area contributed by atoms with E-state index in [-0.39, 0.29) is 10.9 Å². The van der Waals surface area contributed by atoms with Gasteiger partial charge in [0, 0.05) is 5.56 Å². The molecule has 2 heterocycles. The summed E-state index contributed by atoms with van der Waals surface area (Å²) in [4.78, 5) is 0. The SMILES string of the molecule is COc1cc(C(F)(F)F)ccc1-c1nnc(Cl)c2occc12. The average molecular weight is 329 g/mol. The predicted octanol–water partition coefficient (Wildman–Crippen LogP) is 4.57. The monoisotopic (exact) mass is 328 g/mol. The summed E-state index contributed by atoms with van der Waals surface area (Å²) in [6.07, 6.45) is -3.05. The lowest BCUT2D eigenvalue weighted by molar-refractivity contribution is -0.137. The van der Waals surface area contributed by atoms with Crippen molar-refractivity contribution in [3.05, 3.63) is 41.2 Å². The number of benzene rings is 1. The van der Waals surface area contributed by atoms with E-state index in [1.165, 1.54) is 19.4 Å². The summed E-state index contributed by atoms with van der Waals surface area (Å²) in [7, 11) is 1.29. The summed E-state index contributed by atoms with van der Waals surface area (Å²) in [6.45, 7) is 0. The van der Waals surface area contributed by atoms with Gasteiger partial charge in [0.1, 0.15) is 11.4 Å². The van der Waals surface area contributed by atoms with Crippen molar-refractivity contribution in [2.45, 2.75) is 6.18 Å². The number of halogens is 4. The Kier molecular flexibility index (Phi) is 3.44. The number of hydrogen-bond donors (Lipinski definition) is 0. The normalized spacial score (nSPS) is 11.9. The number of rotatable bonds is 2. The minimum atomic E-state index is -4.46. The number of hydrogen-bond acceptors (Lipinski definition) is 4. The maximum Gasteiger partial charge on any atom is 0.416 e. The highest BCUT2D eigenvalue weighted by atomic mass is 35.5. The molecule has 0 amide bonds. The van der Waals surface area contributed by atoms with Crippen LogP contribution in [0.4, 0.5) is 13.2 Å². The zero-order valence-corrected chi connectivity index (χ0v) is 11.9. The van der Waals surface area contributed by atoms with E-state index in [1.54, 1.807) is 6.07 Å². The fourth-order valence-electron chi connectivity index (χ4n) is 2.11. The van der Waals surface area contributed by atoms with Crippen molar-refractivity contribution in [3.63, 3.8) is 0 Å². The zero-order valence-electron chi connectivity index (χ0n) is 11.1. The molecule has 114 valence electrons. The van der Waals surface area contributed by atoms with Gasteiger partial charge in [0.25, 0.3) is 0 Å². The Morgan fingerprint density at radius 3 is 2.64 bits per heavy atom. The largest absolute Gasteiger partial charge is 0.496 e. The maximum absolute atomic E-state index is 12.8. The Morgan fingerprint density at radius 1 is 1.18 bits per heavy atom. The molecule has 0 bridgehead atoms. The van der Waals surface area contributed by atoms with Gasteiger partial charge >= 0.3 is 6.18 Å². The Morgan fingerprint density at radius 2 is 1.95 bits per heavy atom. The number of aromatic nitrogens is 2. The summed E-state index contributed by atoms with van der Waals surface area (Å²) in [5, 5.41) is 8.31. The molecule has 0 saturated carbocycles. The van der Waals surface area contributed by atoms with Gasteiger partial charge in [-0.2, -0.15) is 13.2 Å². The van der Waals surface area contributed by atoms with Crippen molar-refractivity contribution in [2.75, 3.05) is 7.11 Å². The second-order valence-electron chi connectivity index (χ2n) is 4.42. The fourth-order valence-corrected chi connectivity index (χ4v) is 2.29. The molecule has 0 fully saturated rings. The lowest BCUT2D eigenvalue weighted by Gasteiger charge is -2.12. The van der Waals surface area contributed by atoms with E-state index >= 15 is 0 Å². The van der Waals surface area contributed by atoms with Crippen LogP contribution >= 0.6 is 11.6 Å². The van der Waals surface area contributed by atoms with E-state index in [0.717, 1.165) is 12.1 Å². The molecule has 0 radical (unpaired) electrons. The van der Waals surface area contributed by atoms with Crippen LogP contribution in [-0.2, 0) is 6.18 Å². The molecule has 3 aromatic rings. The average Bonchev–Trinajstić information content (AvgIpc) is 2.96. The van der Waals surface area contributed by atoms with Gasteiger partial charge in [0.2, 0.25) is 0 Å². The van der Waals surface area contributed by atoms with Crippen LogP contribution in [0.3, 0.4) is 0 Å². The van der Waals surface area contributed by atoms with Gasteiger partial charge in [-0.3, -0.25) is 0 Å². The molecule has 0 aliphatic carbocycles. The Bertz CT molecular complexity index is 846. The van der Waals surface area contributed by atoms with Crippen molar-refractivity contribution >= 4 is 22.6 Å². The number of ether oxygens (including phenoxy) is 1. The van der Waals surface area contributed by atoms with Gasteiger partial charge in [-0.1, -0.05) is 11.6 Å². The van der Waals surface area contributed by atoms with Crippen LogP contribution in [0.5, 0.6) is 5.75 Å². The van der Waals surface area contributed by atoms with Crippen molar-refractivity contribution in [2.24, 2.45) is 0 Å². The Balaban J connectivity index is 2.23. The molecule has 0 aliphatic heterocycles. The summed E-state index contributed by atoms with van der Waals surface area (Å²) < 4.78 is 48.6. The van der Waals surface area contributed by atoms with Crippen LogP contribution in [0.25, 0.3) is 22.2 Å². The van der Waals surface area contributed by atoms with E-state index in [1.807, 2.05) is 0 Å². The maximum atomic E-state index is 12.8. The molecular weight excluding hydrogens is 321 g/mol. The van der Waals surface area contributed by atoms with Crippen LogP contribution in [-0.4, -0.2) is 17.3 Å². The fraction of sp³-hybridized carbons (Fsp3) is 0.143. The van der Waals surface area contributed by atoms with Crippen molar-refractivity contribution in [1.29, 1.82) is 0 Å². The molecule has 22 heavy (non-hydrogen) atoms. The highest BCUT2D eigenvalue weighted by Crippen LogP contribution is 2.39. The van der Waals surface area contributed by atoms with Gasteiger partial charge in [-0.15, -0.1) is 10.2 Å². The predicted molar refractivity (Wildman–Crippen MR) is 73.8 cm³/mol. The van der Waals surface area contributed by atoms with E-state index in [4.69, 9.17) is 20.8 Å². The molecule has 0 saturated heterocycles. The van der Waals surface area contributed by atoms with E-state index in [2.05, 4.69) is 10.2 Å². The number of nitrogens with zero attached hydrogens (tertiary/aromatic N) is 2. The molecular formula is C14H8ClF3N2O2. The molecule has 0 unspecified atom stereocenters. The second-order valence-corrected chi connectivity index (χ2v) is 4.77. The molecule has 0 aliphatic rings. The summed E-state index contributed by atoms with van der Waals surface area (Å²) >= 11 is 5.87. The minimum Gasteiger partial charge on any atom is -0.496 e. The summed E-state index contributed by atoms with van der Waals surface area (Å²) in [5.74, 6) is 0.0361. The van der Waals surface area contributed by atoms with Crippen LogP contribution in [0.2, 0.25) is 5.15 Å². The first-order valence-electron chi connectivity index (χ1n) is 6.07. The van der Waals surface area contributed by atoms with Gasteiger partial charge < -0.3 is 9.15 Å². The molecule has 2 aromatic heterocycles. The lowest BCUT2D eigenvalue weighted by atomic mass is 10.0. The smallest absolute Gasteiger partial charge is 0.416 e. The van der Waals surface area contributed by atoms with Crippen molar-refractivity contribution in [1.82, 2.24) is 10.2 Å². The van der Waals surface area contributed by atoms with Crippen LogP contribution in [0.15, 0.2) is 34.9 Å². The highest BCUT2D eigenvalue weighted by Gasteiger charge is 2.31. The first kappa shape index (κ1) is 14.6. The standard InChI is InChI=1S/C14H8ClF3N2O2/c1-21-10-6-7(14(16,17)18)2-3-8(10)11-9-4-5-22-12(9)13(15)20-19-11/h2-6H,1H3. The van der Waals surface area contributed by atoms with Crippen molar-refractivity contribution < 1.29 is 22.3 Å². The van der Waals surface area contributed by atoms with E-state index in [0.29, 0.717) is 22.2 Å². The van der Waals surface area contributed by atoms with E-state index < -0.39 is 11.7 Å². The molecule has 1 aromatic carbocycles. The van der Waals surface area contributed by atoms with Gasteiger partial charge in [0.15, 0.2) is 10.7 Å². The summed E-state index contributed by atoms with van der Waals surface area (Å²) in [6, 6.07) is 4.77. The summed E-state index contributed by atoms with van der Waals surface area (Å²) in [5.41, 5.74) is 0.205. The number of fused-ring (bicyclic) bond motifs is 1. The highest BCUT2D eigenvalue weighted by molar-refractivity contribution is 6.33. The second kappa shape index (κ2) is 5.17. The van der Waals surface area contributed by atoms with Crippen LogP contribution < -0.4 is 4.74 Å². The van der Waals surface area contributed by atoms with Crippen molar-refractivity contribution in [3.8, 4) is 17.0 Å². The number of alkyl halides is 3. The molecule has 4 nitrogen and oxygen atoms in total. The Hall–Kier alpha value is -2.28. The number of methoxy groups -OCH3 is 1. The Labute approximate surface area is 127 Å². The topological polar surface area (TPSA) is 48.2 Å². The third-order valence-electron chi connectivity index (χ3n) is 3.13. The minimum absolute atomic E-state index is 0.0361. The number of furan rings is 1. The van der Waals surface area contributed by atoms with Gasteiger partial charge in [-0.25, -0.2) is 0 Å². The molecule has 0 atom stereocenters. The lowest BCUT2D eigenvalue weighted by Crippen LogP contribution is -2.05. The first-order chi connectivity index (χ1) is 10.4. The third kappa shape index (κ3) is 2.37. The molecule has 8 heteroatoms.